The molecule has 112 valence electrons. The molecule has 0 aliphatic heterocycles. The first-order valence-corrected chi connectivity index (χ1v) is 6.10. The second kappa shape index (κ2) is 5.81. The zero-order chi connectivity index (χ0) is 15.6. The third-order valence-corrected chi connectivity index (χ3v) is 2.58. The SMILES string of the molecule is CC(C)CNc1nc(-c2c(F)ccc([N+](=O)[O-])c2F)no1. The summed E-state index contributed by atoms with van der Waals surface area (Å²) in [5.41, 5.74) is -1.54. The summed E-state index contributed by atoms with van der Waals surface area (Å²) in [6.45, 7) is 4.43. The fraction of sp³-hybridized carbons (Fsp3) is 0.333. The van der Waals surface area contributed by atoms with Gasteiger partial charge in [-0.25, -0.2) is 4.39 Å². The van der Waals surface area contributed by atoms with E-state index < -0.39 is 27.8 Å². The standard InChI is InChI=1S/C12H12F2N4O3/c1-6(2)5-15-12-16-11(17-21-12)9-7(13)3-4-8(10(9)14)18(19)20/h3-4,6H,5H2,1-2H3,(H,15,16,17). The highest BCUT2D eigenvalue weighted by Gasteiger charge is 2.25. The lowest BCUT2D eigenvalue weighted by atomic mass is 10.1. The van der Waals surface area contributed by atoms with Crippen molar-refractivity contribution in [1.82, 2.24) is 10.1 Å². The van der Waals surface area contributed by atoms with Gasteiger partial charge in [0.1, 0.15) is 11.4 Å². The van der Waals surface area contributed by atoms with E-state index in [2.05, 4.69) is 15.5 Å². The van der Waals surface area contributed by atoms with Crippen molar-refractivity contribution in [2.75, 3.05) is 11.9 Å². The Morgan fingerprint density at radius 3 is 2.76 bits per heavy atom. The molecule has 2 rings (SSSR count). The Labute approximate surface area is 118 Å². The van der Waals surface area contributed by atoms with E-state index in [9.17, 15) is 18.9 Å². The average molecular weight is 298 g/mol. The summed E-state index contributed by atoms with van der Waals surface area (Å²) in [5.74, 6) is -2.43. The maximum Gasteiger partial charge on any atom is 0.321 e. The number of nitrogens with zero attached hydrogens (tertiary/aromatic N) is 3. The molecule has 0 aliphatic rings. The highest BCUT2D eigenvalue weighted by molar-refractivity contribution is 5.61. The molecule has 0 atom stereocenters. The Morgan fingerprint density at radius 1 is 1.43 bits per heavy atom. The monoisotopic (exact) mass is 298 g/mol. The van der Waals surface area contributed by atoms with Gasteiger partial charge in [0.15, 0.2) is 0 Å². The Balaban J connectivity index is 2.38. The Hall–Kier alpha value is -2.58. The van der Waals surface area contributed by atoms with Gasteiger partial charge in [0, 0.05) is 12.6 Å². The molecule has 1 aromatic heterocycles. The molecule has 0 saturated carbocycles. The van der Waals surface area contributed by atoms with Crippen LogP contribution in [0.2, 0.25) is 0 Å². The number of nitro benzene ring substituents is 1. The van der Waals surface area contributed by atoms with Crippen molar-refractivity contribution in [3.63, 3.8) is 0 Å². The second-order valence-electron chi connectivity index (χ2n) is 4.71. The Bertz CT molecular complexity index is 673. The smallest absolute Gasteiger partial charge is 0.321 e. The van der Waals surface area contributed by atoms with Crippen LogP contribution in [0.15, 0.2) is 16.7 Å². The minimum atomic E-state index is -1.34. The zero-order valence-corrected chi connectivity index (χ0v) is 11.3. The van der Waals surface area contributed by atoms with Gasteiger partial charge < -0.3 is 9.84 Å². The topological polar surface area (TPSA) is 94.1 Å². The molecular formula is C12H12F2N4O3. The lowest BCUT2D eigenvalue weighted by molar-refractivity contribution is -0.387. The molecule has 0 radical (unpaired) electrons. The molecule has 0 fully saturated rings. The maximum atomic E-state index is 14.0. The van der Waals surface area contributed by atoms with Crippen LogP contribution in [-0.2, 0) is 0 Å². The van der Waals surface area contributed by atoms with Gasteiger partial charge in [-0.05, 0) is 12.0 Å². The minimum Gasteiger partial charge on any atom is -0.337 e. The molecule has 0 bridgehead atoms. The molecule has 1 N–H and O–H groups in total. The first-order valence-electron chi connectivity index (χ1n) is 6.10. The fourth-order valence-electron chi connectivity index (χ4n) is 1.58. The van der Waals surface area contributed by atoms with E-state index in [0.717, 1.165) is 12.1 Å². The van der Waals surface area contributed by atoms with Gasteiger partial charge in [0.2, 0.25) is 11.6 Å². The lowest BCUT2D eigenvalue weighted by Crippen LogP contribution is -2.08. The first kappa shape index (κ1) is 14.8. The van der Waals surface area contributed by atoms with E-state index in [1.165, 1.54) is 0 Å². The summed E-state index contributed by atoms with van der Waals surface area (Å²) in [6, 6.07) is 1.52. The molecular weight excluding hydrogens is 286 g/mol. The summed E-state index contributed by atoms with van der Waals surface area (Å²) in [7, 11) is 0. The van der Waals surface area contributed by atoms with E-state index in [1.807, 2.05) is 13.8 Å². The number of benzene rings is 1. The lowest BCUT2D eigenvalue weighted by Gasteiger charge is -2.02. The second-order valence-corrected chi connectivity index (χ2v) is 4.71. The quantitative estimate of drug-likeness (QED) is 0.673. The molecule has 0 unspecified atom stereocenters. The molecule has 0 aliphatic carbocycles. The van der Waals surface area contributed by atoms with Crippen molar-refractivity contribution in [1.29, 1.82) is 0 Å². The minimum absolute atomic E-state index is 0.0102. The van der Waals surface area contributed by atoms with Crippen LogP contribution in [0.5, 0.6) is 0 Å². The molecule has 1 aromatic carbocycles. The van der Waals surface area contributed by atoms with Crippen LogP contribution in [0.4, 0.5) is 20.5 Å². The zero-order valence-electron chi connectivity index (χ0n) is 11.3. The van der Waals surface area contributed by atoms with Crippen LogP contribution < -0.4 is 5.32 Å². The van der Waals surface area contributed by atoms with Gasteiger partial charge in [-0.15, -0.1) is 0 Å². The highest BCUT2D eigenvalue weighted by Crippen LogP contribution is 2.30. The molecule has 7 nitrogen and oxygen atoms in total. The van der Waals surface area contributed by atoms with Crippen molar-refractivity contribution in [3.8, 4) is 11.4 Å². The summed E-state index contributed by atoms with van der Waals surface area (Å²) in [6.07, 6.45) is 0. The summed E-state index contributed by atoms with van der Waals surface area (Å²) in [4.78, 5) is 13.5. The number of rotatable bonds is 5. The van der Waals surface area contributed by atoms with Gasteiger partial charge >= 0.3 is 11.7 Å². The van der Waals surface area contributed by atoms with Crippen LogP contribution in [0.1, 0.15) is 13.8 Å². The molecule has 2 aromatic rings. The predicted molar refractivity (Wildman–Crippen MR) is 69.6 cm³/mol. The Morgan fingerprint density at radius 2 is 2.14 bits per heavy atom. The van der Waals surface area contributed by atoms with Gasteiger partial charge in [-0.1, -0.05) is 19.0 Å². The van der Waals surface area contributed by atoms with E-state index in [4.69, 9.17) is 4.52 Å². The number of anilines is 1. The summed E-state index contributed by atoms with van der Waals surface area (Å²) < 4.78 is 32.5. The van der Waals surface area contributed by atoms with E-state index in [1.54, 1.807) is 0 Å². The van der Waals surface area contributed by atoms with Gasteiger partial charge in [0.05, 0.1) is 4.92 Å². The van der Waals surface area contributed by atoms with Crippen LogP contribution in [0.3, 0.4) is 0 Å². The van der Waals surface area contributed by atoms with Crippen LogP contribution in [0.25, 0.3) is 11.4 Å². The predicted octanol–water partition coefficient (Wildman–Crippen LogP) is 2.99. The average Bonchev–Trinajstić information content (AvgIpc) is 2.84. The molecule has 1 heterocycles. The van der Waals surface area contributed by atoms with Crippen molar-refractivity contribution >= 4 is 11.7 Å². The number of aromatic nitrogens is 2. The van der Waals surface area contributed by atoms with Crippen LogP contribution in [-0.4, -0.2) is 21.6 Å². The normalized spacial score (nSPS) is 10.9. The van der Waals surface area contributed by atoms with Crippen LogP contribution >= 0.6 is 0 Å². The van der Waals surface area contributed by atoms with Crippen LogP contribution in [0, 0.1) is 27.7 Å². The van der Waals surface area contributed by atoms with E-state index in [0.29, 0.717) is 12.5 Å². The number of nitrogens with one attached hydrogen (secondary N) is 1. The molecule has 0 spiro atoms. The highest BCUT2D eigenvalue weighted by atomic mass is 19.1. The molecule has 0 saturated heterocycles. The maximum absolute atomic E-state index is 14.0. The van der Waals surface area contributed by atoms with Gasteiger partial charge in [-0.3, -0.25) is 10.1 Å². The van der Waals surface area contributed by atoms with E-state index in [-0.39, 0.29) is 11.8 Å². The third kappa shape index (κ3) is 3.12. The van der Waals surface area contributed by atoms with Gasteiger partial charge in [-0.2, -0.15) is 9.37 Å². The first-order chi connectivity index (χ1) is 9.90. The van der Waals surface area contributed by atoms with Crippen molar-refractivity contribution < 1.29 is 18.2 Å². The summed E-state index contributed by atoms with van der Waals surface area (Å²) in [5, 5.41) is 16.9. The van der Waals surface area contributed by atoms with Crippen molar-refractivity contribution in [2.45, 2.75) is 13.8 Å². The number of hydrogen-bond acceptors (Lipinski definition) is 6. The van der Waals surface area contributed by atoms with E-state index >= 15 is 0 Å². The molecule has 21 heavy (non-hydrogen) atoms. The van der Waals surface area contributed by atoms with Crippen molar-refractivity contribution in [2.24, 2.45) is 5.92 Å². The third-order valence-electron chi connectivity index (χ3n) is 2.58. The van der Waals surface area contributed by atoms with Gasteiger partial charge in [0.25, 0.3) is 0 Å². The number of nitro groups is 1. The Kier molecular flexibility index (Phi) is 4.10. The fourth-order valence-corrected chi connectivity index (χ4v) is 1.58. The van der Waals surface area contributed by atoms with Crippen molar-refractivity contribution in [3.05, 3.63) is 33.9 Å². The summed E-state index contributed by atoms with van der Waals surface area (Å²) >= 11 is 0. The number of halogens is 2. The molecule has 9 heteroatoms. The molecule has 0 amide bonds. The largest absolute Gasteiger partial charge is 0.337 e. The number of hydrogen-bond donors (Lipinski definition) is 1.